The number of hydrogen-bond donors (Lipinski definition) is 2. The van der Waals surface area contributed by atoms with Crippen LogP contribution in [0.15, 0.2) is 36.7 Å². The molecule has 0 spiro atoms. The Labute approximate surface area is 149 Å². The molecule has 0 amide bonds. The van der Waals surface area contributed by atoms with Crippen LogP contribution in [-0.4, -0.2) is 27.7 Å². The predicted molar refractivity (Wildman–Crippen MR) is 94.6 cm³/mol. The van der Waals surface area contributed by atoms with Gasteiger partial charge in [-0.3, -0.25) is 0 Å². The Morgan fingerprint density at radius 2 is 2.12 bits per heavy atom. The van der Waals surface area contributed by atoms with Gasteiger partial charge >= 0.3 is 0 Å². The molecule has 4 rings (SSSR count). The summed E-state index contributed by atoms with van der Waals surface area (Å²) in [6.07, 6.45) is 5.07. The molecule has 3 aromatic rings. The third kappa shape index (κ3) is 2.81. The fraction of sp³-hybridized carbons (Fsp3) is 0.333. The lowest BCUT2D eigenvalue weighted by molar-refractivity contribution is 0.560. The summed E-state index contributed by atoms with van der Waals surface area (Å²) in [6.45, 7) is 1.00. The van der Waals surface area contributed by atoms with E-state index in [1.165, 1.54) is 12.1 Å². The molecule has 1 saturated heterocycles. The summed E-state index contributed by atoms with van der Waals surface area (Å²) in [6, 6.07) is 4.79. The third-order valence-electron chi connectivity index (χ3n) is 4.90. The molecule has 1 aliphatic rings. The summed E-state index contributed by atoms with van der Waals surface area (Å²) >= 11 is 0. The molecule has 2 aromatic heterocycles. The van der Waals surface area contributed by atoms with Crippen molar-refractivity contribution in [3.8, 4) is 0 Å². The van der Waals surface area contributed by atoms with Crippen LogP contribution in [0.25, 0.3) is 5.65 Å². The lowest BCUT2D eigenvalue weighted by Gasteiger charge is -2.26. The lowest BCUT2D eigenvalue weighted by atomic mass is 10.0. The van der Waals surface area contributed by atoms with Crippen molar-refractivity contribution in [3.05, 3.63) is 59.4 Å². The van der Waals surface area contributed by atoms with E-state index < -0.39 is 11.6 Å². The summed E-state index contributed by atoms with van der Waals surface area (Å²) in [5.74, 6) is -0.155. The molecule has 0 bridgehead atoms. The Bertz CT molecular complexity index is 941. The normalized spacial score (nSPS) is 18.6. The number of benzene rings is 1. The number of nitrogens with zero attached hydrogens (tertiary/aromatic N) is 4. The third-order valence-corrected chi connectivity index (χ3v) is 4.90. The van der Waals surface area contributed by atoms with E-state index in [2.05, 4.69) is 10.1 Å². The van der Waals surface area contributed by atoms with Crippen LogP contribution in [-0.2, 0) is 0 Å². The topological polar surface area (TPSA) is 85.5 Å². The number of anilines is 1. The van der Waals surface area contributed by atoms with Gasteiger partial charge in [-0.05, 0) is 37.1 Å². The van der Waals surface area contributed by atoms with Crippen molar-refractivity contribution >= 4 is 11.5 Å². The van der Waals surface area contributed by atoms with Crippen LogP contribution < -0.4 is 16.4 Å². The first kappa shape index (κ1) is 16.9. The second-order valence-corrected chi connectivity index (χ2v) is 6.51. The highest BCUT2D eigenvalue weighted by atomic mass is 19.1. The molecule has 4 N–H and O–H groups in total. The van der Waals surface area contributed by atoms with E-state index in [0.29, 0.717) is 17.0 Å². The van der Waals surface area contributed by atoms with Gasteiger partial charge in [-0.15, -0.1) is 0 Å². The van der Waals surface area contributed by atoms with Gasteiger partial charge in [-0.2, -0.15) is 5.10 Å². The standard InChI is InChI=1S/C18H20F2N6/c19-11-3-4-14(20)12(8-11)16-2-1-6-25(16)17-5-7-26-18(24-17)13(10-23-26)15(22)9-21/h3-5,7-8,10,15-16H,1-2,6,9,21-22H2. The summed E-state index contributed by atoms with van der Waals surface area (Å²) in [5, 5.41) is 4.25. The average Bonchev–Trinajstić information content (AvgIpc) is 3.29. The minimum atomic E-state index is -0.441. The van der Waals surface area contributed by atoms with Gasteiger partial charge in [-0.25, -0.2) is 18.3 Å². The zero-order chi connectivity index (χ0) is 18.3. The molecule has 1 aliphatic heterocycles. The fourth-order valence-corrected chi connectivity index (χ4v) is 3.56. The van der Waals surface area contributed by atoms with Gasteiger partial charge in [0.1, 0.15) is 17.5 Å². The number of nitrogens with two attached hydrogens (primary N) is 2. The smallest absolute Gasteiger partial charge is 0.162 e. The van der Waals surface area contributed by atoms with E-state index in [4.69, 9.17) is 11.5 Å². The number of aromatic nitrogens is 3. The maximum atomic E-state index is 14.3. The molecule has 2 unspecified atom stereocenters. The molecule has 3 heterocycles. The zero-order valence-electron chi connectivity index (χ0n) is 14.1. The molecule has 1 aromatic carbocycles. The van der Waals surface area contributed by atoms with Crippen LogP contribution in [0.5, 0.6) is 0 Å². The molecule has 2 atom stereocenters. The van der Waals surface area contributed by atoms with E-state index in [1.807, 2.05) is 11.0 Å². The molecule has 0 aliphatic carbocycles. The number of halogens is 2. The summed E-state index contributed by atoms with van der Waals surface area (Å²) < 4.78 is 29.6. The van der Waals surface area contributed by atoms with Crippen LogP contribution >= 0.6 is 0 Å². The van der Waals surface area contributed by atoms with Crippen molar-refractivity contribution in [1.29, 1.82) is 0 Å². The summed E-state index contributed by atoms with van der Waals surface area (Å²) in [4.78, 5) is 6.69. The van der Waals surface area contributed by atoms with Gasteiger partial charge < -0.3 is 16.4 Å². The van der Waals surface area contributed by atoms with Crippen molar-refractivity contribution in [2.24, 2.45) is 11.5 Å². The monoisotopic (exact) mass is 358 g/mol. The Kier molecular flexibility index (Phi) is 4.29. The second kappa shape index (κ2) is 6.62. The first-order chi connectivity index (χ1) is 12.6. The van der Waals surface area contributed by atoms with Crippen molar-refractivity contribution in [2.75, 3.05) is 18.0 Å². The fourth-order valence-electron chi connectivity index (χ4n) is 3.56. The number of rotatable bonds is 4. The Hall–Kier alpha value is -2.58. The van der Waals surface area contributed by atoms with Gasteiger partial charge in [0.25, 0.3) is 0 Å². The van der Waals surface area contributed by atoms with Crippen molar-refractivity contribution in [3.63, 3.8) is 0 Å². The van der Waals surface area contributed by atoms with Crippen molar-refractivity contribution in [2.45, 2.75) is 24.9 Å². The highest BCUT2D eigenvalue weighted by Crippen LogP contribution is 2.37. The maximum Gasteiger partial charge on any atom is 0.162 e. The van der Waals surface area contributed by atoms with Crippen molar-refractivity contribution < 1.29 is 8.78 Å². The van der Waals surface area contributed by atoms with E-state index in [-0.39, 0.29) is 18.6 Å². The molecular formula is C18H20F2N6. The zero-order valence-corrected chi connectivity index (χ0v) is 14.1. The highest BCUT2D eigenvalue weighted by molar-refractivity contribution is 5.55. The average molecular weight is 358 g/mol. The molecule has 1 fully saturated rings. The number of hydrogen-bond acceptors (Lipinski definition) is 5. The van der Waals surface area contributed by atoms with Crippen LogP contribution in [0.2, 0.25) is 0 Å². The quantitative estimate of drug-likeness (QED) is 0.747. The van der Waals surface area contributed by atoms with Gasteiger partial charge in [-0.1, -0.05) is 0 Å². The molecule has 6 nitrogen and oxygen atoms in total. The predicted octanol–water partition coefficient (Wildman–Crippen LogP) is 2.31. The van der Waals surface area contributed by atoms with Gasteiger partial charge in [0, 0.05) is 36.5 Å². The summed E-state index contributed by atoms with van der Waals surface area (Å²) in [7, 11) is 0. The highest BCUT2D eigenvalue weighted by Gasteiger charge is 2.30. The Balaban J connectivity index is 1.75. The lowest BCUT2D eigenvalue weighted by Crippen LogP contribution is -2.25. The Morgan fingerprint density at radius 1 is 1.27 bits per heavy atom. The molecule has 0 saturated carbocycles. The molecule has 136 valence electrons. The molecule has 8 heteroatoms. The van der Waals surface area contributed by atoms with E-state index >= 15 is 0 Å². The van der Waals surface area contributed by atoms with Gasteiger partial charge in [0.2, 0.25) is 0 Å². The van der Waals surface area contributed by atoms with Crippen LogP contribution in [0.1, 0.15) is 36.1 Å². The van der Waals surface area contributed by atoms with Crippen LogP contribution in [0, 0.1) is 11.6 Å². The van der Waals surface area contributed by atoms with E-state index in [1.54, 1.807) is 16.9 Å². The minimum Gasteiger partial charge on any atom is -0.349 e. The van der Waals surface area contributed by atoms with E-state index in [0.717, 1.165) is 31.0 Å². The first-order valence-electron chi connectivity index (χ1n) is 8.60. The van der Waals surface area contributed by atoms with E-state index in [9.17, 15) is 8.78 Å². The molecule has 26 heavy (non-hydrogen) atoms. The van der Waals surface area contributed by atoms with Crippen LogP contribution in [0.3, 0.4) is 0 Å². The molecule has 0 radical (unpaired) electrons. The Morgan fingerprint density at radius 3 is 2.92 bits per heavy atom. The SMILES string of the molecule is NCC(N)c1cnn2ccc(N3CCCC3c3cc(F)ccc3F)nc12. The minimum absolute atomic E-state index is 0.254. The second-order valence-electron chi connectivity index (χ2n) is 6.51. The van der Waals surface area contributed by atoms with Crippen molar-refractivity contribution in [1.82, 2.24) is 14.6 Å². The summed E-state index contributed by atoms with van der Waals surface area (Å²) in [5.41, 5.74) is 13.5. The molecular weight excluding hydrogens is 338 g/mol. The maximum absolute atomic E-state index is 14.3. The van der Waals surface area contributed by atoms with Gasteiger partial charge in [0.05, 0.1) is 12.2 Å². The number of fused-ring (bicyclic) bond motifs is 1. The van der Waals surface area contributed by atoms with Crippen LogP contribution in [0.4, 0.5) is 14.6 Å². The largest absolute Gasteiger partial charge is 0.349 e. The van der Waals surface area contributed by atoms with Gasteiger partial charge in [0.15, 0.2) is 5.65 Å². The first-order valence-corrected chi connectivity index (χ1v) is 8.60.